The molecule has 2 N–H and O–H groups in total. The summed E-state index contributed by atoms with van der Waals surface area (Å²) in [6.07, 6.45) is 2.04. The maximum absolute atomic E-state index is 12.5. The van der Waals surface area contributed by atoms with E-state index in [1.165, 1.54) is 6.08 Å². The first kappa shape index (κ1) is 14.2. The molecule has 5 nitrogen and oxygen atoms in total. The molecule has 0 unspecified atom stereocenters. The molecule has 0 saturated carbocycles. The van der Waals surface area contributed by atoms with Crippen LogP contribution in [0.25, 0.3) is 0 Å². The molecule has 1 heterocycles. The van der Waals surface area contributed by atoms with Crippen LogP contribution in [0.2, 0.25) is 0 Å². The van der Waals surface area contributed by atoms with Crippen LogP contribution >= 0.6 is 0 Å². The largest absolute Gasteiger partial charge is 0.325 e. The molecule has 1 aliphatic heterocycles. The van der Waals surface area contributed by atoms with Gasteiger partial charge in [-0.2, -0.15) is 0 Å². The lowest BCUT2D eigenvalue weighted by Gasteiger charge is -2.36. The summed E-state index contributed by atoms with van der Waals surface area (Å²) in [5, 5.41) is 5.30. The standard InChI is InChI=1S/C15H18N2O3/c1-5-10(18)16-9-6-8(2)13-12(14(9)20)15(3,4)7-11(19)17-13/h6H,2,5,7H2,1,3-4H3,(H,16,18)(H,17,19). The van der Waals surface area contributed by atoms with E-state index in [0.29, 0.717) is 23.3 Å². The minimum atomic E-state index is -0.575. The van der Waals surface area contributed by atoms with Crippen LogP contribution in [0.15, 0.2) is 35.2 Å². The number of carbonyl (C=O) groups is 3. The predicted octanol–water partition coefficient (Wildman–Crippen LogP) is 1.34. The van der Waals surface area contributed by atoms with Gasteiger partial charge in [0, 0.05) is 23.8 Å². The molecule has 0 fully saturated rings. The molecule has 0 atom stereocenters. The lowest BCUT2D eigenvalue weighted by molar-refractivity contribution is -0.124. The molecule has 106 valence electrons. The van der Waals surface area contributed by atoms with Crippen molar-refractivity contribution in [3.05, 3.63) is 35.2 Å². The van der Waals surface area contributed by atoms with Gasteiger partial charge in [0.25, 0.3) is 0 Å². The topological polar surface area (TPSA) is 75.3 Å². The zero-order valence-electron chi connectivity index (χ0n) is 11.9. The summed E-state index contributed by atoms with van der Waals surface area (Å²) in [4.78, 5) is 35.7. The molecule has 2 aliphatic rings. The SMILES string of the molecule is C=C1C=C(NC(=O)CC)C(=O)C2=C1NC(=O)CC2(C)C. The van der Waals surface area contributed by atoms with E-state index in [1.54, 1.807) is 6.92 Å². The van der Waals surface area contributed by atoms with Crippen LogP contribution < -0.4 is 10.6 Å². The van der Waals surface area contributed by atoms with Crippen molar-refractivity contribution >= 4 is 17.6 Å². The lowest BCUT2D eigenvalue weighted by Crippen LogP contribution is -2.44. The van der Waals surface area contributed by atoms with E-state index >= 15 is 0 Å². The zero-order chi connectivity index (χ0) is 15.1. The van der Waals surface area contributed by atoms with Gasteiger partial charge in [-0.1, -0.05) is 27.4 Å². The van der Waals surface area contributed by atoms with Gasteiger partial charge in [0.05, 0.1) is 11.4 Å². The molecule has 1 aliphatic carbocycles. The third-order valence-electron chi connectivity index (χ3n) is 3.50. The van der Waals surface area contributed by atoms with E-state index in [4.69, 9.17) is 0 Å². The highest BCUT2D eigenvalue weighted by Gasteiger charge is 2.41. The minimum absolute atomic E-state index is 0.128. The smallest absolute Gasteiger partial charge is 0.225 e. The molecule has 0 radical (unpaired) electrons. The molecule has 5 heteroatoms. The molecular weight excluding hydrogens is 256 g/mol. The van der Waals surface area contributed by atoms with Crippen molar-refractivity contribution in [2.24, 2.45) is 5.41 Å². The molecule has 0 aromatic carbocycles. The quantitative estimate of drug-likeness (QED) is 0.797. The first-order chi connectivity index (χ1) is 9.26. The third-order valence-corrected chi connectivity index (χ3v) is 3.50. The number of nitrogens with one attached hydrogen (secondary N) is 2. The van der Waals surface area contributed by atoms with E-state index in [-0.39, 0.29) is 29.7 Å². The van der Waals surface area contributed by atoms with E-state index in [9.17, 15) is 14.4 Å². The van der Waals surface area contributed by atoms with Crippen LogP contribution in [0, 0.1) is 5.41 Å². The summed E-state index contributed by atoms with van der Waals surface area (Å²) in [6, 6.07) is 0. The first-order valence-electron chi connectivity index (χ1n) is 6.56. The van der Waals surface area contributed by atoms with Gasteiger partial charge < -0.3 is 10.6 Å². The summed E-state index contributed by atoms with van der Waals surface area (Å²) < 4.78 is 0. The van der Waals surface area contributed by atoms with Crippen molar-refractivity contribution in [1.29, 1.82) is 0 Å². The number of hydrogen-bond acceptors (Lipinski definition) is 3. The normalized spacial score (nSPS) is 21.1. The molecule has 0 spiro atoms. The maximum Gasteiger partial charge on any atom is 0.225 e. The van der Waals surface area contributed by atoms with Crippen LogP contribution in [-0.4, -0.2) is 17.6 Å². The van der Waals surface area contributed by atoms with Crippen LogP contribution in [0.4, 0.5) is 0 Å². The van der Waals surface area contributed by atoms with Crippen molar-refractivity contribution in [2.75, 3.05) is 0 Å². The van der Waals surface area contributed by atoms with Crippen LogP contribution in [0.3, 0.4) is 0 Å². The van der Waals surface area contributed by atoms with Gasteiger partial charge >= 0.3 is 0 Å². The lowest BCUT2D eigenvalue weighted by atomic mass is 9.72. The monoisotopic (exact) mass is 274 g/mol. The minimum Gasteiger partial charge on any atom is -0.325 e. The number of Topliss-reactive ketones (excluding diaryl/α,β-unsaturated/α-hetero) is 1. The van der Waals surface area contributed by atoms with Crippen molar-refractivity contribution in [1.82, 2.24) is 10.6 Å². The average molecular weight is 274 g/mol. The number of allylic oxidation sites excluding steroid dienone is 2. The van der Waals surface area contributed by atoms with E-state index in [0.717, 1.165) is 0 Å². The molecule has 0 aromatic rings. The zero-order valence-corrected chi connectivity index (χ0v) is 11.9. The number of ketones is 1. The van der Waals surface area contributed by atoms with Gasteiger partial charge in [-0.25, -0.2) is 0 Å². The van der Waals surface area contributed by atoms with E-state index < -0.39 is 5.41 Å². The Labute approximate surface area is 117 Å². The average Bonchev–Trinajstić information content (AvgIpc) is 2.33. The van der Waals surface area contributed by atoms with Crippen LogP contribution in [-0.2, 0) is 14.4 Å². The van der Waals surface area contributed by atoms with E-state index in [1.807, 2.05) is 13.8 Å². The van der Waals surface area contributed by atoms with Gasteiger partial charge in [0.2, 0.25) is 17.6 Å². The second-order valence-electron chi connectivity index (χ2n) is 5.67. The Balaban J connectivity index is 2.43. The van der Waals surface area contributed by atoms with Crippen molar-refractivity contribution in [3.8, 4) is 0 Å². The summed E-state index contributed by atoms with van der Waals surface area (Å²) in [5.74, 6) is -0.601. The van der Waals surface area contributed by atoms with E-state index in [2.05, 4.69) is 17.2 Å². The summed E-state index contributed by atoms with van der Waals surface area (Å²) in [7, 11) is 0. The van der Waals surface area contributed by atoms with Crippen molar-refractivity contribution in [3.63, 3.8) is 0 Å². The summed E-state index contributed by atoms with van der Waals surface area (Å²) in [6.45, 7) is 9.27. The fraction of sp³-hybridized carbons (Fsp3) is 0.400. The van der Waals surface area contributed by atoms with Crippen LogP contribution in [0.1, 0.15) is 33.6 Å². The second-order valence-corrected chi connectivity index (χ2v) is 5.67. The predicted molar refractivity (Wildman–Crippen MR) is 74.2 cm³/mol. The fourth-order valence-electron chi connectivity index (χ4n) is 2.51. The summed E-state index contributed by atoms with van der Waals surface area (Å²) in [5.41, 5.74) is 1.17. The second kappa shape index (κ2) is 4.74. The number of hydrogen-bond donors (Lipinski definition) is 2. The van der Waals surface area contributed by atoms with Gasteiger partial charge in [-0.15, -0.1) is 0 Å². The van der Waals surface area contributed by atoms with Gasteiger partial charge in [-0.3, -0.25) is 14.4 Å². The Kier molecular flexibility index (Phi) is 3.38. The molecule has 0 aromatic heterocycles. The molecule has 2 amide bonds. The number of amides is 2. The van der Waals surface area contributed by atoms with Gasteiger partial charge in [-0.05, 0) is 11.6 Å². The summed E-state index contributed by atoms with van der Waals surface area (Å²) >= 11 is 0. The van der Waals surface area contributed by atoms with Crippen LogP contribution in [0.5, 0.6) is 0 Å². The molecule has 0 bridgehead atoms. The maximum atomic E-state index is 12.5. The Hall–Kier alpha value is -2.17. The number of carbonyl (C=O) groups excluding carboxylic acids is 3. The molecule has 20 heavy (non-hydrogen) atoms. The Bertz CT molecular complexity index is 594. The Morgan fingerprint density at radius 3 is 2.70 bits per heavy atom. The highest BCUT2D eigenvalue weighted by Crippen LogP contribution is 2.40. The van der Waals surface area contributed by atoms with Gasteiger partial charge in [0.15, 0.2) is 0 Å². The first-order valence-corrected chi connectivity index (χ1v) is 6.56. The highest BCUT2D eigenvalue weighted by atomic mass is 16.2. The number of rotatable bonds is 2. The molecule has 2 rings (SSSR count). The fourth-order valence-corrected chi connectivity index (χ4v) is 2.51. The Morgan fingerprint density at radius 1 is 1.45 bits per heavy atom. The van der Waals surface area contributed by atoms with Gasteiger partial charge in [0.1, 0.15) is 0 Å². The molecule has 0 saturated heterocycles. The van der Waals surface area contributed by atoms with Crippen molar-refractivity contribution < 1.29 is 14.4 Å². The molecular formula is C15H18N2O3. The third kappa shape index (κ3) is 2.31. The highest BCUT2D eigenvalue weighted by molar-refractivity contribution is 6.14. The van der Waals surface area contributed by atoms with Crippen molar-refractivity contribution in [2.45, 2.75) is 33.6 Å². The Morgan fingerprint density at radius 2 is 2.10 bits per heavy atom.